The molecule has 0 amide bonds. The molecule has 0 aliphatic rings. The molecule has 6 nitrogen and oxygen atoms in total. The van der Waals surface area contributed by atoms with Gasteiger partial charge in [0, 0.05) is 6.54 Å². The lowest BCUT2D eigenvalue weighted by molar-refractivity contribution is -0.384. The fourth-order valence-corrected chi connectivity index (χ4v) is 1.56. The van der Waals surface area contributed by atoms with Crippen LogP contribution >= 0.6 is 15.9 Å². The third-order valence-corrected chi connectivity index (χ3v) is 3.14. The number of nitro benzene ring substituents is 1. The van der Waals surface area contributed by atoms with Gasteiger partial charge in [0.15, 0.2) is 0 Å². The molecule has 0 unspecified atom stereocenters. The van der Waals surface area contributed by atoms with Gasteiger partial charge in [0.25, 0.3) is 5.69 Å². The smallest absolute Gasteiger partial charge is 0.310 e. The highest BCUT2D eigenvalue weighted by molar-refractivity contribution is 9.10. The van der Waals surface area contributed by atoms with Gasteiger partial charge in [-0.2, -0.15) is 0 Å². The number of anilines is 1. The first-order valence-corrected chi connectivity index (χ1v) is 6.05. The summed E-state index contributed by atoms with van der Waals surface area (Å²) in [6.45, 7) is 2.93. The van der Waals surface area contributed by atoms with Gasteiger partial charge in [0.1, 0.15) is 11.5 Å². The van der Waals surface area contributed by atoms with E-state index in [1.54, 1.807) is 0 Å². The van der Waals surface area contributed by atoms with Gasteiger partial charge in [-0.05, 0) is 35.8 Å². The Labute approximate surface area is 116 Å². The van der Waals surface area contributed by atoms with Crippen LogP contribution in [0.25, 0.3) is 0 Å². The van der Waals surface area contributed by atoms with E-state index in [1.807, 2.05) is 0 Å². The normalized spacial score (nSPS) is 11.2. The van der Waals surface area contributed by atoms with Gasteiger partial charge in [-0.25, -0.2) is 4.39 Å². The molecular formula is C11H12BrFN2O4. The van der Waals surface area contributed by atoms with Crippen molar-refractivity contribution in [3.63, 3.8) is 0 Å². The second-order valence-electron chi connectivity index (χ2n) is 4.58. The second kappa shape index (κ2) is 5.52. The number of nitrogens with one attached hydrogen (secondary N) is 1. The van der Waals surface area contributed by atoms with Crippen molar-refractivity contribution in [1.29, 1.82) is 0 Å². The molecule has 0 heterocycles. The van der Waals surface area contributed by atoms with Crippen molar-refractivity contribution in [2.45, 2.75) is 13.8 Å². The van der Waals surface area contributed by atoms with E-state index < -0.39 is 27.8 Å². The molecule has 1 rings (SSSR count). The van der Waals surface area contributed by atoms with E-state index in [0.717, 1.165) is 6.07 Å². The molecule has 0 saturated heterocycles. The van der Waals surface area contributed by atoms with Crippen molar-refractivity contribution in [3.8, 4) is 0 Å². The molecule has 1 aromatic rings. The zero-order chi connectivity index (χ0) is 14.8. The molecule has 0 aliphatic carbocycles. The monoisotopic (exact) mass is 334 g/mol. The maximum absolute atomic E-state index is 13.2. The van der Waals surface area contributed by atoms with Gasteiger partial charge in [-0.3, -0.25) is 14.9 Å². The van der Waals surface area contributed by atoms with Crippen LogP contribution in [0.3, 0.4) is 0 Å². The number of aliphatic carboxylic acids is 1. The van der Waals surface area contributed by atoms with E-state index in [9.17, 15) is 19.3 Å². The van der Waals surface area contributed by atoms with Crippen LogP contribution in [0.4, 0.5) is 15.8 Å². The average molecular weight is 335 g/mol. The lowest BCUT2D eigenvalue weighted by atomic mass is 9.94. The Bertz CT molecular complexity index is 534. The first-order chi connectivity index (χ1) is 8.65. The van der Waals surface area contributed by atoms with Gasteiger partial charge < -0.3 is 10.4 Å². The van der Waals surface area contributed by atoms with E-state index in [4.69, 9.17) is 5.11 Å². The number of carboxylic acid groups (broad SMARTS) is 1. The van der Waals surface area contributed by atoms with Crippen LogP contribution in [-0.2, 0) is 4.79 Å². The third-order valence-electron chi connectivity index (χ3n) is 2.54. The molecule has 2 N–H and O–H groups in total. The highest BCUT2D eigenvalue weighted by Crippen LogP contribution is 2.31. The molecule has 0 atom stereocenters. The van der Waals surface area contributed by atoms with Crippen molar-refractivity contribution < 1.29 is 19.2 Å². The molecule has 0 fully saturated rings. The first-order valence-electron chi connectivity index (χ1n) is 5.26. The Morgan fingerprint density at radius 2 is 2.16 bits per heavy atom. The fraction of sp³-hybridized carbons (Fsp3) is 0.364. The quantitative estimate of drug-likeness (QED) is 0.637. The summed E-state index contributed by atoms with van der Waals surface area (Å²) in [4.78, 5) is 21.0. The molecule has 104 valence electrons. The number of benzene rings is 1. The maximum atomic E-state index is 13.2. The first kappa shape index (κ1) is 15.4. The Morgan fingerprint density at radius 1 is 1.58 bits per heavy atom. The van der Waals surface area contributed by atoms with Gasteiger partial charge in [-0.15, -0.1) is 0 Å². The summed E-state index contributed by atoms with van der Waals surface area (Å²) in [5.74, 6) is -1.79. The lowest BCUT2D eigenvalue weighted by Gasteiger charge is -2.20. The Hall–Kier alpha value is -1.70. The maximum Gasteiger partial charge on any atom is 0.310 e. The standard InChI is InChI=1S/C11H12BrFN2O4/c1-11(2,10(16)17)5-14-8-3-6(12)7(13)4-9(8)15(18)19/h3-4,14H,5H2,1-2H3,(H,16,17). The number of hydrogen-bond acceptors (Lipinski definition) is 4. The highest BCUT2D eigenvalue weighted by atomic mass is 79.9. The van der Waals surface area contributed by atoms with Gasteiger partial charge >= 0.3 is 5.97 Å². The van der Waals surface area contributed by atoms with E-state index in [0.29, 0.717) is 0 Å². The molecule has 0 radical (unpaired) electrons. The van der Waals surface area contributed by atoms with E-state index >= 15 is 0 Å². The average Bonchev–Trinajstić information content (AvgIpc) is 2.29. The van der Waals surface area contributed by atoms with Crippen molar-refractivity contribution >= 4 is 33.3 Å². The zero-order valence-electron chi connectivity index (χ0n) is 10.2. The minimum absolute atomic E-state index is 0.0265. The molecular weight excluding hydrogens is 323 g/mol. The van der Waals surface area contributed by atoms with Crippen LogP contribution < -0.4 is 5.32 Å². The van der Waals surface area contributed by atoms with Crippen molar-refractivity contribution in [3.05, 3.63) is 32.5 Å². The molecule has 0 bridgehead atoms. The predicted octanol–water partition coefficient (Wildman–Crippen LogP) is 3.02. The topological polar surface area (TPSA) is 92.5 Å². The second-order valence-corrected chi connectivity index (χ2v) is 5.44. The van der Waals surface area contributed by atoms with Gasteiger partial charge in [0.2, 0.25) is 0 Å². The van der Waals surface area contributed by atoms with E-state index in [-0.39, 0.29) is 16.7 Å². The third kappa shape index (κ3) is 3.63. The van der Waals surface area contributed by atoms with Crippen LogP contribution in [0.5, 0.6) is 0 Å². The van der Waals surface area contributed by atoms with Crippen molar-refractivity contribution in [2.75, 3.05) is 11.9 Å². The van der Waals surface area contributed by atoms with Gasteiger partial charge in [0.05, 0.1) is 20.9 Å². The van der Waals surface area contributed by atoms with Crippen LogP contribution in [-0.4, -0.2) is 22.5 Å². The Balaban J connectivity index is 3.04. The number of halogens is 2. The zero-order valence-corrected chi connectivity index (χ0v) is 11.8. The lowest BCUT2D eigenvalue weighted by Crippen LogP contribution is -2.31. The Kier molecular flexibility index (Phi) is 4.46. The van der Waals surface area contributed by atoms with E-state index in [2.05, 4.69) is 21.2 Å². The molecule has 19 heavy (non-hydrogen) atoms. The van der Waals surface area contributed by atoms with Crippen molar-refractivity contribution in [2.24, 2.45) is 5.41 Å². The number of nitro groups is 1. The van der Waals surface area contributed by atoms with Crippen LogP contribution in [0.2, 0.25) is 0 Å². The van der Waals surface area contributed by atoms with Crippen LogP contribution in [0.15, 0.2) is 16.6 Å². The summed E-state index contributed by atoms with van der Waals surface area (Å²) < 4.78 is 13.3. The number of nitrogens with zero attached hydrogens (tertiary/aromatic N) is 1. The predicted molar refractivity (Wildman–Crippen MR) is 70.7 cm³/mol. The summed E-state index contributed by atoms with van der Waals surface area (Å²) in [5.41, 5.74) is -1.48. The molecule has 0 spiro atoms. The number of hydrogen-bond donors (Lipinski definition) is 2. The molecule has 0 saturated carbocycles. The van der Waals surface area contributed by atoms with Crippen LogP contribution in [0.1, 0.15) is 13.8 Å². The SMILES string of the molecule is CC(C)(CNc1cc(Br)c(F)cc1[N+](=O)[O-])C(=O)O. The number of carbonyl (C=O) groups is 1. The summed E-state index contributed by atoms with van der Waals surface area (Å²) in [6, 6.07) is 1.99. The number of rotatable bonds is 5. The summed E-state index contributed by atoms with van der Waals surface area (Å²) in [7, 11) is 0. The van der Waals surface area contributed by atoms with Crippen LogP contribution in [0, 0.1) is 21.3 Å². The molecule has 0 aromatic heterocycles. The largest absolute Gasteiger partial charge is 0.481 e. The fourth-order valence-electron chi connectivity index (χ4n) is 1.22. The minimum Gasteiger partial charge on any atom is -0.481 e. The summed E-state index contributed by atoms with van der Waals surface area (Å²) in [5, 5.41) is 22.4. The Morgan fingerprint density at radius 3 is 2.63 bits per heavy atom. The molecule has 1 aromatic carbocycles. The van der Waals surface area contributed by atoms with E-state index in [1.165, 1.54) is 19.9 Å². The molecule has 0 aliphatic heterocycles. The highest BCUT2D eigenvalue weighted by Gasteiger charge is 2.28. The van der Waals surface area contributed by atoms with Gasteiger partial charge in [-0.1, -0.05) is 0 Å². The number of carboxylic acids is 1. The summed E-state index contributed by atoms with van der Waals surface area (Å²) >= 11 is 2.92. The summed E-state index contributed by atoms with van der Waals surface area (Å²) in [6.07, 6.45) is 0. The minimum atomic E-state index is -1.10. The van der Waals surface area contributed by atoms with Crippen molar-refractivity contribution in [1.82, 2.24) is 0 Å². The molecule has 8 heteroatoms.